The Labute approximate surface area is 184 Å². The average Bonchev–Trinajstić information content (AvgIpc) is 2.75. The molecule has 1 heterocycles. The van der Waals surface area contributed by atoms with E-state index >= 15 is 0 Å². The van der Waals surface area contributed by atoms with Crippen molar-refractivity contribution in [3.8, 4) is 5.75 Å². The minimum atomic E-state index is -0.404. The van der Waals surface area contributed by atoms with Gasteiger partial charge in [-0.2, -0.15) is 0 Å². The Morgan fingerprint density at radius 1 is 1.00 bits per heavy atom. The van der Waals surface area contributed by atoms with Crippen LogP contribution < -0.4 is 15.4 Å². The number of ether oxygens (including phenoxy) is 1. The SMILES string of the molecule is COc1cccc(NC(=O)[C@@H](c2ccccc2)N2CCN(CC(=O)NC(C)C)CC2)c1. The van der Waals surface area contributed by atoms with Crippen molar-refractivity contribution in [1.82, 2.24) is 15.1 Å². The fourth-order valence-corrected chi connectivity index (χ4v) is 3.83. The second kappa shape index (κ2) is 10.9. The van der Waals surface area contributed by atoms with Crippen LogP contribution in [0.1, 0.15) is 25.5 Å². The molecule has 7 heteroatoms. The van der Waals surface area contributed by atoms with E-state index < -0.39 is 6.04 Å². The number of benzene rings is 2. The summed E-state index contributed by atoms with van der Waals surface area (Å²) in [7, 11) is 1.61. The van der Waals surface area contributed by atoms with Crippen LogP contribution in [0.3, 0.4) is 0 Å². The van der Waals surface area contributed by atoms with Crippen molar-refractivity contribution < 1.29 is 14.3 Å². The van der Waals surface area contributed by atoms with Gasteiger partial charge in [-0.05, 0) is 31.5 Å². The van der Waals surface area contributed by atoms with Gasteiger partial charge in [-0.25, -0.2) is 0 Å². The third-order valence-electron chi connectivity index (χ3n) is 5.29. The summed E-state index contributed by atoms with van der Waals surface area (Å²) in [6.07, 6.45) is 0. The third kappa shape index (κ3) is 6.54. The lowest BCUT2D eigenvalue weighted by atomic mass is 10.0. The lowest BCUT2D eigenvalue weighted by Crippen LogP contribution is -2.52. The van der Waals surface area contributed by atoms with E-state index in [1.54, 1.807) is 7.11 Å². The molecule has 0 bridgehead atoms. The second-order valence-corrected chi connectivity index (χ2v) is 8.07. The van der Waals surface area contributed by atoms with Gasteiger partial charge in [0, 0.05) is 44.0 Å². The van der Waals surface area contributed by atoms with Crippen molar-refractivity contribution in [2.75, 3.05) is 45.2 Å². The Balaban J connectivity index is 1.69. The van der Waals surface area contributed by atoms with Gasteiger partial charge in [-0.3, -0.25) is 19.4 Å². The molecular weight excluding hydrogens is 392 g/mol. The molecule has 0 aromatic heterocycles. The fraction of sp³-hybridized carbons (Fsp3) is 0.417. The number of nitrogens with zero attached hydrogens (tertiary/aromatic N) is 2. The number of carbonyl (C=O) groups excluding carboxylic acids is 2. The van der Waals surface area contributed by atoms with E-state index in [2.05, 4.69) is 20.4 Å². The highest BCUT2D eigenvalue weighted by atomic mass is 16.5. The predicted octanol–water partition coefficient (Wildman–Crippen LogP) is 2.52. The normalized spacial score (nSPS) is 16.0. The van der Waals surface area contributed by atoms with Crippen LogP contribution in [-0.4, -0.2) is 67.5 Å². The molecule has 2 aromatic carbocycles. The second-order valence-electron chi connectivity index (χ2n) is 8.07. The molecule has 2 N–H and O–H groups in total. The largest absolute Gasteiger partial charge is 0.497 e. The third-order valence-corrected chi connectivity index (χ3v) is 5.29. The molecule has 0 spiro atoms. The molecule has 1 aliphatic heterocycles. The first-order valence-corrected chi connectivity index (χ1v) is 10.7. The number of hydrogen-bond acceptors (Lipinski definition) is 5. The van der Waals surface area contributed by atoms with Gasteiger partial charge in [0.25, 0.3) is 0 Å². The lowest BCUT2D eigenvalue weighted by Gasteiger charge is -2.38. The van der Waals surface area contributed by atoms with Crippen molar-refractivity contribution in [3.05, 3.63) is 60.2 Å². The zero-order valence-corrected chi connectivity index (χ0v) is 18.5. The maximum Gasteiger partial charge on any atom is 0.246 e. The monoisotopic (exact) mass is 424 g/mol. The number of methoxy groups -OCH3 is 1. The van der Waals surface area contributed by atoms with Crippen molar-refractivity contribution in [1.29, 1.82) is 0 Å². The molecule has 166 valence electrons. The molecule has 0 unspecified atom stereocenters. The van der Waals surface area contributed by atoms with Crippen molar-refractivity contribution >= 4 is 17.5 Å². The fourth-order valence-electron chi connectivity index (χ4n) is 3.83. The van der Waals surface area contributed by atoms with E-state index in [1.807, 2.05) is 68.4 Å². The number of carbonyl (C=O) groups is 2. The first-order valence-electron chi connectivity index (χ1n) is 10.7. The zero-order valence-electron chi connectivity index (χ0n) is 18.5. The van der Waals surface area contributed by atoms with E-state index in [4.69, 9.17) is 4.74 Å². The van der Waals surface area contributed by atoms with Crippen LogP contribution in [0.15, 0.2) is 54.6 Å². The zero-order chi connectivity index (χ0) is 22.2. The van der Waals surface area contributed by atoms with Crippen LogP contribution in [0.25, 0.3) is 0 Å². The summed E-state index contributed by atoms with van der Waals surface area (Å²) in [5.41, 5.74) is 1.66. The van der Waals surface area contributed by atoms with Gasteiger partial charge in [-0.1, -0.05) is 36.4 Å². The Kier molecular flexibility index (Phi) is 8.03. The van der Waals surface area contributed by atoms with Crippen LogP contribution in [0.4, 0.5) is 5.69 Å². The Hall–Kier alpha value is -2.90. The predicted molar refractivity (Wildman–Crippen MR) is 122 cm³/mol. The van der Waals surface area contributed by atoms with E-state index in [9.17, 15) is 9.59 Å². The number of piperazine rings is 1. The molecule has 3 rings (SSSR count). The van der Waals surface area contributed by atoms with E-state index in [-0.39, 0.29) is 17.9 Å². The van der Waals surface area contributed by atoms with E-state index in [1.165, 1.54) is 0 Å². The standard InChI is InChI=1S/C24H32N4O3/c1-18(2)25-22(29)17-27-12-14-28(15-13-27)23(19-8-5-4-6-9-19)24(30)26-20-10-7-11-21(16-20)31-3/h4-11,16,18,23H,12-15,17H2,1-3H3,(H,25,29)(H,26,30)/t23-/m1/s1. The molecule has 1 fully saturated rings. The Morgan fingerprint density at radius 2 is 1.71 bits per heavy atom. The number of anilines is 1. The Bertz CT molecular complexity index is 864. The van der Waals surface area contributed by atoms with Crippen LogP contribution >= 0.6 is 0 Å². The van der Waals surface area contributed by atoms with E-state index in [0.717, 1.165) is 18.7 Å². The first kappa shape index (κ1) is 22.8. The number of nitrogens with one attached hydrogen (secondary N) is 2. The molecule has 1 atom stereocenters. The van der Waals surface area contributed by atoms with Gasteiger partial charge >= 0.3 is 0 Å². The summed E-state index contributed by atoms with van der Waals surface area (Å²) in [6, 6.07) is 16.9. The molecule has 31 heavy (non-hydrogen) atoms. The van der Waals surface area contributed by atoms with E-state index in [0.29, 0.717) is 31.1 Å². The van der Waals surface area contributed by atoms with Gasteiger partial charge in [0.1, 0.15) is 11.8 Å². The molecule has 2 amide bonds. The highest BCUT2D eigenvalue weighted by molar-refractivity contribution is 5.95. The average molecular weight is 425 g/mol. The summed E-state index contributed by atoms with van der Waals surface area (Å²) >= 11 is 0. The molecular formula is C24H32N4O3. The van der Waals surface area contributed by atoms with Crippen molar-refractivity contribution in [2.45, 2.75) is 25.9 Å². The summed E-state index contributed by atoms with van der Waals surface area (Å²) in [5, 5.41) is 5.98. The minimum Gasteiger partial charge on any atom is -0.497 e. The molecule has 2 aromatic rings. The summed E-state index contributed by atoms with van der Waals surface area (Å²) in [6.45, 7) is 7.20. The topological polar surface area (TPSA) is 73.9 Å². The smallest absolute Gasteiger partial charge is 0.246 e. The minimum absolute atomic E-state index is 0.0406. The van der Waals surface area contributed by atoms with Gasteiger partial charge in [0.05, 0.1) is 13.7 Å². The highest BCUT2D eigenvalue weighted by Crippen LogP contribution is 2.25. The van der Waals surface area contributed by atoms with Crippen molar-refractivity contribution in [3.63, 3.8) is 0 Å². The van der Waals surface area contributed by atoms with Crippen LogP contribution in [0, 0.1) is 0 Å². The molecule has 1 aliphatic rings. The van der Waals surface area contributed by atoms with Gasteiger partial charge in [0.2, 0.25) is 11.8 Å². The first-order chi connectivity index (χ1) is 15.0. The van der Waals surface area contributed by atoms with Gasteiger partial charge in [-0.15, -0.1) is 0 Å². The van der Waals surface area contributed by atoms with Crippen LogP contribution in [0.2, 0.25) is 0 Å². The summed E-state index contributed by atoms with van der Waals surface area (Å²) in [5.74, 6) is 0.659. The number of hydrogen-bond donors (Lipinski definition) is 2. The molecule has 0 aliphatic carbocycles. The maximum atomic E-state index is 13.3. The summed E-state index contributed by atoms with van der Waals surface area (Å²) < 4.78 is 5.27. The molecule has 0 radical (unpaired) electrons. The van der Waals surface area contributed by atoms with Gasteiger partial charge in [0.15, 0.2) is 0 Å². The maximum absolute atomic E-state index is 13.3. The van der Waals surface area contributed by atoms with Gasteiger partial charge < -0.3 is 15.4 Å². The van der Waals surface area contributed by atoms with Crippen LogP contribution in [-0.2, 0) is 9.59 Å². The molecule has 1 saturated heterocycles. The number of rotatable bonds is 8. The Morgan fingerprint density at radius 3 is 2.35 bits per heavy atom. The van der Waals surface area contributed by atoms with Crippen LogP contribution in [0.5, 0.6) is 5.75 Å². The highest BCUT2D eigenvalue weighted by Gasteiger charge is 2.31. The lowest BCUT2D eigenvalue weighted by molar-refractivity contribution is -0.125. The quantitative estimate of drug-likeness (QED) is 0.681. The molecule has 7 nitrogen and oxygen atoms in total. The van der Waals surface area contributed by atoms with Crippen molar-refractivity contribution in [2.24, 2.45) is 0 Å². The molecule has 0 saturated carbocycles. The summed E-state index contributed by atoms with van der Waals surface area (Å²) in [4.78, 5) is 29.7. The number of amides is 2.